The van der Waals surface area contributed by atoms with Gasteiger partial charge >= 0.3 is 5.69 Å². The van der Waals surface area contributed by atoms with E-state index in [-0.39, 0.29) is 17.4 Å². The van der Waals surface area contributed by atoms with Gasteiger partial charge in [0.1, 0.15) is 5.75 Å². The third-order valence-electron chi connectivity index (χ3n) is 5.22. The van der Waals surface area contributed by atoms with E-state index in [0.717, 1.165) is 10.1 Å². The highest BCUT2D eigenvalue weighted by atomic mass is 16.3. The molecule has 9 heteroatoms. The van der Waals surface area contributed by atoms with Crippen molar-refractivity contribution >= 4 is 11.2 Å². The fourth-order valence-electron chi connectivity index (χ4n) is 3.36. The molecule has 2 atom stereocenters. The summed E-state index contributed by atoms with van der Waals surface area (Å²) in [7, 11) is 3.04. The number of phenolic OH excluding ortho intramolecular Hbond substituents is 1. The molecule has 156 valence electrons. The third-order valence-corrected chi connectivity index (χ3v) is 5.22. The number of imidazole rings is 1. The number of aromatic nitrogens is 4. The van der Waals surface area contributed by atoms with Crippen LogP contribution < -0.4 is 16.6 Å². The number of rotatable bonds is 7. The molecule has 0 saturated carbocycles. The summed E-state index contributed by atoms with van der Waals surface area (Å²) in [4.78, 5) is 28.7. The molecule has 0 saturated heterocycles. The highest BCUT2D eigenvalue weighted by Gasteiger charge is 2.16. The van der Waals surface area contributed by atoms with Crippen LogP contribution >= 0.6 is 0 Å². The molecule has 1 aromatic carbocycles. The van der Waals surface area contributed by atoms with Crippen molar-refractivity contribution in [1.29, 1.82) is 0 Å². The molecule has 2 unspecified atom stereocenters. The Balaban J connectivity index is 1.66. The van der Waals surface area contributed by atoms with Gasteiger partial charge in [-0.1, -0.05) is 11.6 Å². The van der Waals surface area contributed by atoms with Crippen molar-refractivity contribution in [2.45, 2.75) is 39.0 Å². The van der Waals surface area contributed by atoms with E-state index in [9.17, 15) is 19.8 Å². The van der Waals surface area contributed by atoms with E-state index >= 15 is 0 Å². The van der Waals surface area contributed by atoms with Gasteiger partial charge in [-0.3, -0.25) is 13.9 Å². The molecule has 0 aliphatic heterocycles. The second kappa shape index (κ2) is 8.22. The molecule has 0 aliphatic rings. The molecule has 3 aromatic rings. The molecule has 0 bridgehead atoms. The van der Waals surface area contributed by atoms with Crippen molar-refractivity contribution < 1.29 is 10.2 Å². The maximum absolute atomic E-state index is 12.5. The van der Waals surface area contributed by atoms with Crippen LogP contribution in [0.3, 0.4) is 0 Å². The van der Waals surface area contributed by atoms with Crippen LogP contribution in [0.25, 0.3) is 11.2 Å². The topological polar surface area (TPSA) is 114 Å². The summed E-state index contributed by atoms with van der Waals surface area (Å²) in [6, 6.07) is 5.18. The van der Waals surface area contributed by atoms with Gasteiger partial charge in [-0.15, -0.1) is 0 Å². The van der Waals surface area contributed by atoms with Crippen molar-refractivity contribution in [3.63, 3.8) is 0 Å². The largest absolute Gasteiger partial charge is 0.508 e. The molecule has 3 N–H and O–H groups in total. The molecule has 2 aromatic heterocycles. The summed E-state index contributed by atoms with van der Waals surface area (Å²) >= 11 is 0. The maximum atomic E-state index is 12.5. The summed E-state index contributed by atoms with van der Waals surface area (Å²) in [6.45, 7) is 4.71. The zero-order chi connectivity index (χ0) is 21.3. The van der Waals surface area contributed by atoms with Crippen LogP contribution in [0.1, 0.15) is 30.6 Å². The first-order valence-corrected chi connectivity index (χ1v) is 9.52. The lowest BCUT2D eigenvalue weighted by Crippen LogP contribution is -2.37. The van der Waals surface area contributed by atoms with Crippen LogP contribution in [-0.2, 0) is 20.6 Å². The van der Waals surface area contributed by atoms with Gasteiger partial charge in [-0.2, -0.15) is 0 Å². The lowest BCUT2D eigenvalue weighted by molar-refractivity contribution is 0.166. The van der Waals surface area contributed by atoms with E-state index < -0.39 is 11.8 Å². The van der Waals surface area contributed by atoms with Crippen molar-refractivity contribution in [3.8, 4) is 5.75 Å². The summed E-state index contributed by atoms with van der Waals surface area (Å²) < 4.78 is 4.19. The predicted octanol–water partition coefficient (Wildman–Crippen LogP) is 0.550. The van der Waals surface area contributed by atoms with E-state index in [1.54, 1.807) is 36.1 Å². The molecule has 0 fully saturated rings. The van der Waals surface area contributed by atoms with Gasteiger partial charge in [0.15, 0.2) is 11.2 Å². The molecular formula is C20H27N5O4. The van der Waals surface area contributed by atoms with E-state index in [4.69, 9.17) is 0 Å². The monoisotopic (exact) mass is 401 g/mol. The molecule has 9 nitrogen and oxygen atoms in total. The van der Waals surface area contributed by atoms with E-state index in [1.807, 2.05) is 13.8 Å². The van der Waals surface area contributed by atoms with Crippen LogP contribution in [0, 0.1) is 6.92 Å². The second-order valence-electron chi connectivity index (χ2n) is 7.49. The van der Waals surface area contributed by atoms with Gasteiger partial charge in [0.2, 0.25) is 0 Å². The average Bonchev–Trinajstić information content (AvgIpc) is 3.13. The van der Waals surface area contributed by atoms with Gasteiger partial charge in [-0.25, -0.2) is 9.78 Å². The van der Waals surface area contributed by atoms with Crippen molar-refractivity contribution in [1.82, 2.24) is 24.0 Å². The first kappa shape index (κ1) is 20.8. The Hall–Kier alpha value is -2.91. The lowest BCUT2D eigenvalue weighted by atomic mass is 10.0. The molecule has 0 spiro atoms. The summed E-state index contributed by atoms with van der Waals surface area (Å²) in [5, 5.41) is 23.6. The van der Waals surface area contributed by atoms with E-state index in [1.165, 1.54) is 11.6 Å². The van der Waals surface area contributed by atoms with Crippen molar-refractivity contribution in [2.75, 3.05) is 6.54 Å². The van der Waals surface area contributed by atoms with Crippen LogP contribution in [0.4, 0.5) is 0 Å². The molecule has 3 rings (SSSR count). The molecular weight excluding hydrogens is 374 g/mol. The number of hydrogen-bond acceptors (Lipinski definition) is 6. The predicted molar refractivity (Wildman–Crippen MR) is 110 cm³/mol. The van der Waals surface area contributed by atoms with E-state index in [2.05, 4.69) is 10.3 Å². The number of aliphatic hydroxyl groups is 1. The van der Waals surface area contributed by atoms with Gasteiger partial charge < -0.3 is 20.1 Å². The maximum Gasteiger partial charge on any atom is 0.332 e. The third kappa shape index (κ3) is 4.10. The number of benzene rings is 1. The second-order valence-corrected chi connectivity index (χ2v) is 7.49. The number of nitrogens with one attached hydrogen (secondary N) is 1. The normalized spacial score (nSPS) is 13.7. The van der Waals surface area contributed by atoms with Crippen LogP contribution in [-0.4, -0.2) is 41.5 Å². The standard InChI is InChI=1S/C20H27N5O4/c1-12-5-6-15(26)14(9-12)16(27)10-21-13(2)7-8-25-11-22-18-17(25)19(28)24(4)20(29)23(18)3/h5-6,9,11,13,16,21,26-27H,7-8,10H2,1-4H3. The van der Waals surface area contributed by atoms with Crippen molar-refractivity contribution in [2.24, 2.45) is 14.1 Å². The van der Waals surface area contributed by atoms with Gasteiger partial charge in [-0.05, 0) is 32.4 Å². The minimum Gasteiger partial charge on any atom is -0.508 e. The van der Waals surface area contributed by atoms with Gasteiger partial charge in [0.05, 0.1) is 12.4 Å². The fourth-order valence-corrected chi connectivity index (χ4v) is 3.36. The fraction of sp³-hybridized carbons (Fsp3) is 0.450. The Morgan fingerprint density at radius 2 is 1.93 bits per heavy atom. The summed E-state index contributed by atoms with van der Waals surface area (Å²) in [6.07, 6.45) is 1.43. The zero-order valence-electron chi connectivity index (χ0n) is 17.1. The highest BCUT2D eigenvalue weighted by Crippen LogP contribution is 2.24. The smallest absolute Gasteiger partial charge is 0.332 e. The number of hydrogen-bond donors (Lipinski definition) is 3. The van der Waals surface area contributed by atoms with Crippen LogP contribution in [0.5, 0.6) is 5.75 Å². The number of aromatic hydroxyl groups is 1. The summed E-state index contributed by atoms with van der Waals surface area (Å²) in [5.74, 6) is 0.0731. The van der Waals surface area contributed by atoms with Crippen LogP contribution in [0.15, 0.2) is 34.1 Å². The molecule has 0 aliphatic carbocycles. The quantitative estimate of drug-likeness (QED) is 0.533. The Bertz CT molecular complexity index is 1140. The minimum atomic E-state index is -0.826. The Labute approximate surface area is 167 Å². The van der Waals surface area contributed by atoms with E-state index in [0.29, 0.717) is 36.2 Å². The SMILES string of the molecule is Cc1ccc(O)c(C(O)CNC(C)CCn2cnc3c2c(=O)n(C)c(=O)n3C)c1. The summed E-state index contributed by atoms with van der Waals surface area (Å²) in [5.41, 5.74) is 1.45. The first-order valence-electron chi connectivity index (χ1n) is 9.52. The lowest BCUT2D eigenvalue weighted by Gasteiger charge is -2.19. The number of nitrogens with zero attached hydrogens (tertiary/aromatic N) is 4. The first-order chi connectivity index (χ1) is 13.7. The molecule has 2 heterocycles. The number of phenols is 1. The minimum absolute atomic E-state index is 0.0467. The molecule has 0 amide bonds. The molecule has 0 radical (unpaired) electrons. The van der Waals surface area contributed by atoms with Crippen LogP contribution in [0.2, 0.25) is 0 Å². The average molecular weight is 401 g/mol. The number of fused-ring (bicyclic) bond motifs is 1. The Morgan fingerprint density at radius 3 is 2.66 bits per heavy atom. The van der Waals surface area contributed by atoms with Gasteiger partial charge in [0, 0.05) is 38.8 Å². The highest BCUT2D eigenvalue weighted by molar-refractivity contribution is 5.69. The number of aliphatic hydroxyl groups excluding tert-OH is 1. The zero-order valence-corrected chi connectivity index (χ0v) is 17.1. The Kier molecular flexibility index (Phi) is 5.90. The molecule has 29 heavy (non-hydrogen) atoms. The Morgan fingerprint density at radius 1 is 1.21 bits per heavy atom. The van der Waals surface area contributed by atoms with Gasteiger partial charge in [0.25, 0.3) is 5.56 Å². The number of aryl methyl sites for hydroxylation is 3. The van der Waals surface area contributed by atoms with Crippen molar-refractivity contribution in [3.05, 3.63) is 56.5 Å².